The molecule has 2 rings (SSSR count). The lowest BCUT2D eigenvalue weighted by Gasteiger charge is -2.06. The fourth-order valence-corrected chi connectivity index (χ4v) is 3.10. The minimum absolute atomic E-state index is 0.230. The minimum Gasteiger partial charge on any atom is -0.298 e. The predicted octanol–water partition coefficient (Wildman–Crippen LogP) is 2.71. The fraction of sp³-hybridized carbons (Fsp3) is 0.250. The van der Waals surface area contributed by atoms with Gasteiger partial charge in [0, 0.05) is 21.5 Å². The molecule has 1 aromatic heterocycles. The third kappa shape index (κ3) is 3.16. The van der Waals surface area contributed by atoms with Crippen LogP contribution >= 0.6 is 27.7 Å². The molecule has 0 fully saturated rings. The van der Waals surface area contributed by atoms with Crippen LogP contribution < -0.4 is 5.69 Å². The van der Waals surface area contributed by atoms with Gasteiger partial charge >= 0.3 is 5.69 Å². The summed E-state index contributed by atoms with van der Waals surface area (Å²) in [5, 5.41) is 6.99. The lowest BCUT2D eigenvalue weighted by molar-refractivity contribution is 0.112. The SMILES string of the molecule is CCCn1c(Sc2cc(Br)ccc2C=O)n[nH]c1=O. The Hall–Kier alpha value is -1.34. The van der Waals surface area contributed by atoms with E-state index in [0.717, 1.165) is 22.1 Å². The van der Waals surface area contributed by atoms with Gasteiger partial charge in [0.05, 0.1) is 0 Å². The number of aromatic amines is 1. The molecule has 1 heterocycles. The molecule has 0 saturated heterocycles. The number of nitrogens with zero attached hydrogens (tertiary/aromatic N) is 2. The monoisotopic (exact) mass is 341 g/mol. The molecule has 1 aromatic carbocycles. The average Bonchev–Trinajstić information content (AvgIpc) is 2.72. The first kappa shape index (κ1) is 14.1. The standard InChI is InChI=1S/C12H12BrN3O2S/c1-2-5-16-11(18)14-15-12(16)19-10-6-9(13)4-3-8(10)7-17/h3-4,6-7H,2,5H2,1H3,(H,14,18). The summed E-state index contributed by atoms with van der Waals surface area (Å²) in [6.45, 7) is 2.59. The van der Waals surface area contributed by atoms with Crippen LogP contribution in [-0.2, 0) is 6.54 Å². The van der Waals surface area contributed by atoms with E-state index in [1.165, 1.54) is 11.8 Å². The third-order valence-electron chi connectivity index (χ3n) is 2.47. The Morgan fingerprint density at radius 1 is 1.53 bits per heavy atom. The summed E-state index contributed by atoms with van der Waals surface area (Å²) in [6, 6.07) is 5.37. The molecule has 19 heavy (non-hydrogen) atoms. The van der Waals surface area contributed by atoms with E-state index < -0.39 is 0 Å². The van der Waals surface area contributed by atoms with Gasteiger partial charge in [-0.2, -0.15) is 0 Å². The fourth-order valence-electron chi connectivity index (χ4n) is 1.59. The van der Waals surface area contributed by atoms with Gasteiger partial charge in [-0.1, -0.05) is 22.9 Å². The smallest absolute Gasteiger partial charge is 0.298 e. The molecule has 0 aliphatic carbocycles. The number of H-pyrrole nitrogens is 1. The van der Waals surface area contributed by atoms with Crippen molar-refractivity contribution >= 4 is 34.0 Å². The van der Waals surface area contributed by atoms with Crippen molar-refractivity contribution in [2.45, 2.75) is 29.9 Å². The van der Waals surface area contributed by atoms with Crippen molar-refractivity contribution in [1.82, 2.24) is 14.8 Å². The van der Waals surface area contributed by atoms with Crippen LogP contribution in [0.2, 0.25) is 0 Å². The Morgan fingerprint density at radius 2 is 2.32 bits per heavy atom. The second-order valence-corrected chi connectivity index (χ2v) is 5.79. The van der Waals surface area contributed by atoms with E-state index in [-0.39, 0.29) is 5.69 Å². The number of aldehydes is 1. The first-order valence-electron chi connectivity index (χ1n) is 5.73. The molecule has 7 heteroatoms. The quantitative estimate of drug-likeness (QED) is 0.849. The maximum atomic E-state index is 11.6. The van der Waals surface area contributed by atoms with Crippen LogP contribution in [-0.4, -0.2) is 21.1 Å². The largest absolute Gasteiger partial charge is 0.343 e. The summed E-state index contributed by atoms with van der Waals surface area (Å²) in [5.74, 6) is 0. The maximum absolute atomic E-state index is 11.6. The number of hydrogen-bond acceptors (Lipinski definition) is 4. The molecule has 0 saturated carbocycles. The van der Waals surface area contributed by atoms with Gasteiger partial charge in [0.25, 0.3) is 0 Å². The summed E-state index contributed by atoms with van der Waals surface area (Å²) < 4.78 is 2.45. The second-order valence-electron chi connectivity index (χ2n) is 3.87. The van der Waals surface area contributed by atoms with Crippen LogP contribution in [0.25, 0.3) is 0 Å². The molecule has 0 atom stereocenters. The lowest BCUT2D eigenvalue weighted by Crippen LogP contribution is -2.17. The Kier molecular flexibility index (Phi) is 4.60. The van der Waals surface area contributed by atoms with E-state index in [0.29, 0.717) is 17.3 Å². The zero-order valence-corrected chi connectivity index (χ0v) is 12.6. The highest BCUT2D eigenvalue weighted by molar-refractivity contribution is 9.10. The molecule has 0 aliphatic heterocycles. The molecular formula is C12H12BrN3O2S. The third-order valence-corrected chi connectivity index (χ3v) is 4.04. The Labute approximate surface area is 122 Å². The topological polar surface area (TPSA) is 67.8 Å². The molecule has 0 amide bonds. The number of benzene rings is 1. The van der Waals surface area contributed by atoms with Gasteiger partial charge in [0.15, 0.2) is 11.4 Å². The molecule has 0 radical (unpaired) electrons. The van der Waals surface area contributed by atoms with Crippen molar-refractivity contribution in [2.24, 2.45) is 0 Å². The van der Waals surface area contributed by atoms with Crippen LogP contribution in [0.5, 0.6) is 0 Å². The van der Waals surface area contributed by atoms with E-state index in [1.54, 1.807) is 16.7 Å². The van der Waals surface area contributed by atoms with Crippen molar-refractivity contribution < 1.29 is 4.79 Å². The zero-order valence-electron chi connectivity index (χ0n) is 10.2. The molecule has 5 nitrogen and oxygen atoms in total. The van der Waals surface area contributed by atoms with Crippen LogP contribution in [0.3, 0.4) is 0 Å². The molecule has 0 unspecified atom stereocenters. The first-order valence-corrected chi connectivity index (χ1v) is 7.34. The van der Waals surface area contributed by atoms with Crippen LogP contribution in [0, 0.1) is 0 Å². The highest BCUT2D eigenvalue weighted by Crippen LogP contribution is 2.30. The van der Waals surface area contributed by atoms with E-state index in [1.807, 2.05) is 13.0 Å². The van der Waals surface area contributed by atoms with Crippen molar-refractivity contribution in [3.05, 3.63) is 38.7 Å². The van der Waals surface area contributed by atoms with Crippen molar-refractivity contribution in [1.29, 1.82) is 0 Å². The van der Waals surface area contributed by atoms with Gasteiger partial charge < -0.3 is 0 Å². The molecule has 0 bridgehead atoms. The molecule has 0 aliphatic rings. The van der Waals surface area contributed by atoms with Gasteiger partial charge in [-0.05, 0) is 36.4 Å². The van der Waals surface area contributed by atoms with Crippen LogP contribution in [0.15, 0.2) is 37.5 Å². The van der Waals surface area contributed by atoms with E-state index >= 15 is 0 Å². The zero-order chi connectivity index (χ0) is 13.8. The lowest BCUT2D eigenvalue weighted by atomic mass is 10.2. The van der Waals surface area contributed by atoms with Gasteiger partial charge in [-0.15, -0.1) is 5.10 Å². The molecule has 1 N–H and O–H groups in total. The second kappa shape index (κ2) is 6.21. The number of aromatic nitrogens is 3. The Bertz CT molecular complexity index is 651. The van der Waals surface area contributed by atoms with Crippen molar-refractivity contribution in [3.8, 4) is 0 Å². The molecular weight excluding hydrogens is 330 g/mol. The van der Waals surface area contributed by atoms with Crippen molar-refractivity contribution in [3.63, 3.8) is 0 Å². The van der Waals surface area contributed by atoms with Gasteiger partial charge in [0.1, 0.15) is 0 Å². The highest BCUT2D eigenvalue weighted by atomic mass is 79.9. The number of nitrogens with one attached hydrogen (secondary N) is 1. The number of rotatable bonds is 5. The van der Waals surface area contributed by atoms with Gasteiger partial charge in [0.2, 0.25) is 0 Å². The Balaban J connectivity index is 2.38. The highest BCUT2D eigenvalue weighted by Gasteiger charge is 2.12. The Morgan fingerprint density at radius 3 is 3.00 bits per heavy atom. The number of halogens is 1. The summed E-state index contributed by atoms with van der Waals surface area (Å²) in [5.41, 5.74) is 0.346. The summed E-state index contributed by atoms with van der Waals surface area (Å²) in [7, 11) is 0. The normalized spacial score (nSPS) is 10.6. The molecule has 100 valence electrons. The summed E-state index contributed by atoms with van der Waals surface area (Å²) in [6.07, 6.45) is 1.63. The minimum atomic E-state index is -0.230. The molecule has 2 aromatic rings. The van der Waals surface area contributed by atoms with E-state index in [4.69, 9.17) is 0 Å². The summed E-state index contributed by atoms with van der Waals surface area (Å²) in [4.78, 5) is 23.4. The average molecular weight is 342 g/mol. The van der Waals surface area contributed by atoms with Crippen LogP contribution in [0.4, 0.5) is 0 Å². The van der Waals surface area contributed by atoms with E-state index in [2.05, 4.69) is 26.1 Å². The molecule has 0 spiro atoms. The predicted molar refractivity (Wildman–Crippen MR) is 76.8 cm³/mol. The number of carbonyl (C=O) groups excluding carboxylic acids is 1. The van der Waals surface area contributed by atoms with E-state index in [9.17, 15) is 9.59 Å². The van der Waals surface area contributed by atoms with Gasteiger partial charge in [-0.25, -0.2) is 9.89 Å². The number of carbonyl (C=O) groups is 1. The maximum Gasteiger partial charge on any atom is 0.343 e. The van der Waals surface area contributed by atoms with Crippen molar-refractivity contribution in [2.75, 3.05) is 0 Å². The van der Waals surface area contributed by atoms with Crippen LogP contribution in [0.1, 0.15) is 23.7 Å². The van der Waals surface area contributed by atoms with Gasteiger partial charge in [-0.3, -0.25) is 9.36 Å². The summed E-state index contributed by atoms with van der Waals surface area (Å²) >= 11 is 4.67. The first-order chi connectivity index (χ1) is 9.15. The number of hydrogen-bond donors (Lipinski definition) is 1.